The number of nitrogens with zero attached hydrogens (tertiary/aromatic N) is 1. The van der Waals surface area contributed by atoms with E-state index in [4.69, 9.17) is 0 Å². The molecule has 8 heteroatoms. The largest absolute Gasteiger partial charge is 0.345 e. The number of amides is 3. The van der Waals surface area contributed by atoms with Crippen LogP contribution in [0.25, 0.3) is 0 Å². The molecule has 0 spiro atoms. The molecule has 0 aliphatic rings. The highest BCUT2D eigenvalue weighted by Gasteiger charge is 2.12. The lowest BCUT2D eigenvalue weighted by molar-refractivity contribution is -0.121. The van der Waals surface area contributed by atoms with Crippen molar-refractivity contribution < 1.29 is 14.4 Å². The minimum Gasteiger partial charge on any atom is -0.345 e. The molecule has 0 bridgehead atoms. The van der Waals surface area contributed by atoms with Crippen LogP contribution in [0, 0.1) is 0 Å². The first kappa shape index (κ1) is 17.7. The normalized spacial score (nSPS) is 10.1. The average molecular weight is 393 g/mol. The smallest absolute Gasteiger partial charge is 0.286 e. The van der Waals surface area contributed by atoms with E-state index in [2.05, 4.69) is 32.1 Å². The zero-order valence-electron chi connectivity index (χ0n) is 13.2. The number of rotatable bonds is 4. The van der Waals surface area contributed by atoms with E-state index in [-0.39, 0.29) is 18.2 Å². The Kier molecular flexibility index (Phi) is 5.75. The van der Waals surface area contributed by atoms with Gasteiger partial charge in [0.05, 0.1) is 6.42 Å². The molecule has 7 nitrogen and oxygen atoms in total. The third-order valence-corrected chi connectivity index (χ3v) is 3.59. The van der Waals surface area contributed by atoms with Gasteiger partial charge < -0.3 is 9.88 Å². The Morgan fingerprint density at radius 3 is 2.33 bits per heavy atom. The average Bonchev–Trinajstić information content (AvgIpc) is 2.85. The van der Waals surface area contributed by atoms with Crippen LogP contribution in [0.3, 0.4) is 0 Å². The number of carbonyl (C=O) groups is 3. The van der Waals surface area contributed by atoms with Crippen LogP contribution in [-0.2, 0) is 23.1 Å². The molecule has 2 rings (SSSR count). The number of hydrogen-bond donors (Lipinski definition) is 3. The van der Waals surface area contributed by atoms with Crippen molar-refractivity contribution in [1.29, 1.82) is 0 Å². The van der Waals surface area contributed by atoms with Crippen LogP contribution in [0.2, 0.25) is 0 Å². The monoisotopic (exact) mass is 392 g/mol. The lowest BCUT2D eigenvalue weighted by atomic mass is 10.1. The third-order valence-electron chi connectivity index (χ3n) is 3.16. The molecular weight excluding hydrogens is 376 g/mol. The van der Waals surface area contributed by atoms with Crippen LogP contribution in [0.15, 0.2) is 41.0 Å². The Hall–Kier alpha value is -2.61. The Labute approximate surface area is 147 Å². The van der Waals surface area contributed by atoms with Gasteiger partial charge in [-0.2, -0.15) is 0 Å². The van der Waals surface area contributed by atoms with Crippen molar-refractivity contribution in [2.45, 2.75) is 13.3 Å². The first-order valence-electron chi connectivity index (χ1n) is 7.12. The van der Waals surface area contributed by atoms with E-state index < -0.39 is 5.91 Å². The number of nitrogens with one attached hydrogen (secondary N) is 3. The maximum atomic E-state index is 12.0. The van der Waals surface area contributed by atoms with Crippen molar-refractivity contribution in [3.63, 3.8) is 0 Å². The fourth-order valence-corrected chi connectivity index (χ4v) is 2.60. The second-order valence-electron chi connectivity index (χ2n) is 5.21. The van der Waals surface area contributed by atoms with Gasteiger partial charge in [-0.05, 0) is 39.7 Å². The van der Waals surface area contributed by atoms with E-state index >= 15 is 0 Å². The summed E-state index contributed by atoms with van der Waals surface area (Å²) in [4.78, 5) is 34.8. The van der Waals surface area contributed by atoms with Crippen LogP contribution in [0.5, 0.6) is 0 Å². The number of hydrazine groups is 1. The Balaban J connectivity index is 1.86. The summed E-state index contributed by atoms with van der Waals surface area (Å²) >= 11 is 3.28. The number of benzene rings is 1. The second kappa shape index (κ2) is 7.78. The van der Waals surface area contributed by atoms with E-state index in [0.29, 0.717) is 11.4 Å². The minimum absolute atomic E-state index is 0.109. The number of anilines is 1. The lowest BCUT2D eigenvalue weighted by Gasteiger charge is -2.08. The molecule has 0 aliphatic carbocycles. The summed E-state index contributed by atoms with van der Waals surface area (Å²) in [6.07, 6.45) is 1.85. The minimum atomic E-state index is -0.405. The highest BCUT2D eigenvalue weighted by Crippen LogP contribution is 2.13. The van der Waals surface area contributed by atoms with Gasteiger partial charge in [-0.3, -0.25) is 25.2 Å². The predicted molar refractivity (Wildman–Crippen MR) is 93.2 cm³/mol. The first-order valence-corrected chi connectivity index (χ1v) is 7.92. The molecule has 1 aromatic carbocycles. The molecule has 126 valence electrons. The lowest BCUT2D eigenvalue weighted by Crippen LogP contribution is -2.42. The van der Waals surface area contributed by atoms with Crippen molar-refractivity contribution in [1.82, 2.24) is 15.4 Å². The SMILES string of the molecule is CC(=O)Nc1ccc(CC(=O)NNC(=O)c2cc(Br)cn2C)cc1. The molecule has 0 fully saturated rings. The number of hydrogen-bond acceptors (Lipinski definition) is 3. The molecular formula is C16H17BrN4O3. The molecule has 3 amide bonds. The van der Waals surface area contributed by atoms with Crippen LogP contribution in [-0.4, -0.2) is 22.3 Å². The molecule has 2 aromatic rings. The van der Waals surface area contributed by atoms with Crippen LogP contribution < -0.4 is 16.2 Å². The summed E-state index contributed by atoms with van der Waals surface area (Å²) in [5, 5.41) is 2.65. The fraction of sp³-hybridized carbons (Fsp3) is 0.188. The summed E-state index contributed by atoms with van der Waals surface area (Å²) in [7, 11) is 1.73. The highest BCUT2D eigenvalue weighted by molar-refractivity contribution is 9.10. The third kappa shape index (κ3) is 4.95. The number of carbonyl (C=O) groups excluding carboxylic acids is 3. The maximum absolute atomic E-state index is 12.0. The molecule has 0 aliphatic heterocycles. The molecule has 0 atom stereocenters. The van der Waals surface area contributed by atoms with Gasteiger partial charge >= 0.3 is 0 Å². The fourth-order valence-electron chi connectivity index (χ4n) is 2.08. The molecule has 0 saturated carbocycles. The van der Waals surface area contributed by atoms with Crippen LogP contribution in [0.1, 0.15) is 23.0 Å². The van der Waals surface area contributed by atoms with Crippen LogP contribution >= 0.6 is 15.9 Å². The van der Waals surface area contributed by atoms with Gasteiger partial charge in [-0.15, -0.1) is 0 Å². The zero-order chi connectivity index (χ0) is 17.7. The molecule has 24 heavy (non-hydrogen) atoms. The van der Waals surface area contributed by atoms with Gasteiger partial charge in [0.25, 0.3) is 5.91 Å². The number of halogens is 1. The summed E-state index contributed by atoms with van der Waals surface area (Å²) in [6, 6.07) is 8.55. The quantitative estimate of drug-likeness (QED) is 0.692. The van der Waals surface area contributed by atoms with Gasteiger partial charge in [0.2, 0.25) is 11.8 Å². The Morgan fingerprint density at radius 2 is 1.79 bits per heavy atom. The summed E-state index contributed by atoms with van der Waals surface area (Å²) in [5.74, 6) is -0.906. The Bertz CT molecular complexity index is 768. The summed E-state index contributed by atoms with van der Waals surface area (Å²) < 4.78 is 2.42. The van der Waals surface area contributed by atoms with E-state index in [1.54, 1.807) is 48.1 Å². The molecule has 1 aromatic heterocycles. The standard InChI is InChI=1S/C16H17BrN4O3/c1-10(22)18-13-5-3-11(4-6-13)7-15(23)19-20-16(24)14-8-12(17)9-21(14)2/h3-6,8-9H,7H2,1-2H3,(H,18,22)(H,19,23)(H,20,24). The second-order valence-corrected chi connectivity index (χ2v) is 6.13. The van der Waals surface area contributed by atoms with Gasteiger partial charge in [-0.1, -0.05) is 12.1 Å². The number of aryl methyl sites for hydroxylation is 1. The molecule has 0 saturated heterocycles. The van der Waals surface area contributed by atoms with Gasteiger partial charge in [0.1, 0.15) is 5.69 Å². The van der Waals surface area contributed by atoms with E-state index in [0.717, 1.165) is 10.0 Å². The predicted octanol–water partition coefficient (Wildman–Crippen LogP) is 1.75. The summed E-state index contributed by atoms with van der Waals surface area (Å²) in [6.45, 7) is 1.43. The molecule has 0 unspecified atom stereocenters. The zero-order valence-corrected chi connectivity index (χ0v) is 14.8. The highest BCUT2D eigenvalue weighted by atomic mass is 79.9. The molecule has 1 heterocycles. The van der Waals surface area contributed by atoms with Crippen molar-refractivity contribution in [3.05, 3.63) is 52.3 Å². The van der Waals surface area contributed by atoms with Gasteiger partial charge in [-0.25, -0.2) is 0 Å². The van der Waals surface area contributed by atoms with Gasteiger partial charge in [0.15, 0.2) is 0 Å². The van der Waals surface area contributed by atoms with Crippen LogP contribution in [0.4, 0.5) is 5.69 Å². The molecule has 3 N–H and O–H groups in total. The van der Waals surface area contributed by atoms with E-state index in [1.807, 2.05) is 0 Å². The van der Waals surface area contributed by atoms with Crippen molar-refractivity contribution in [2.24, 2.45) is 7.05 Å². The molecule has 0 radical (unpaired) electrons. The van der Waals surface area contributed by atoms with E-state index in [9.17, 15) is 14.4 Å². The van der Waals surface area contributed by atoms with Crippen molar-refractivity contribution in [2.75, 3.05) is 5.32 Å². The van der Waals surface area contributed by atoms with Crippen molar-refractivity contribution >= 4 is 39.3 Å². The Morgan fingerprint density at radius 1 is 1.12 bits per heavy atom. The van der Waals surface area contributed by atoms with Gasteiger partial charge in [0, 0.05) is 30.3 Å². The first-order chi connectivity index (χ1) is 11.3. The summed E-state index contributed by atoms with van der Waals surface area (Å²) in [5.41, 5.74) is 6.59. The maximum Gasteiger partial charge on any atom is 0.286 e. The van der Waals surface area contributed by atoms with Crippen molar-refractivity contribution in [3.8, 4) is 0 Å². The topological polar surface area (TPSA) is 92.2 Å². The van der Waals surface area contributed by atoms with E-state index in [1.165, 1.54) is 6.92 Å². The number of aromatic nitrogens is 1.